The van der Waals surface area contributed by atoms with Gasteiger partial charge in [-0.3, -0.25) is 5.41 Å². The van der Waals surface area contributed by atoms with Gasteiger partial charge in [0.25, 0.3) is 0 Å². The van der Waals surface area contributed by atoms with Gasteiger partial charge in [-0.2, -0.15) is 0 Å². The van der Waals surface area contributed by atoms with Gasteiger partial charge in [-0.1, -0.05) is 12.1 Å². The van der Waals surface area contributed by atoms with Gasteiger partial charge < -0.3 is 24.7 Å². The molecule has 3 N–H and O–H groups in total. The van der Waals surface area contributed by atoms with Crippen molar-refractivity contribution in [1.82, 2.24) is 0 Å². The number of rotatable bonds is 7. The third kappa shape index (κ3) is 3.48. The summed E-state index contributed by atoms with van der Waals surface area (Å²) >= 11 is 0. The number of nitrogens with two attached hydrogens (primary N) is 1. The molecule has 0 atom stereocenters. The zero-order chi connectivity index (χ0) is 16.8. The van der Waals surface area contributed by atoms with Crippen LogP contribution in [-0.4, -0.2) is 27.2 Å². The molecule has 23 heavy (non-hydrogen) atoms. The summed E-state index contributed by atoms with van der Waals surface area (Å²) in [5.41, 5.74) is 6.85. The van der Waals surface area contributed by atoms with Crippen LogP contribution in [0, 0.1) is 5.41 Å². The number of ether oxygens (including phenoxy) is 4. The van der Waals surface area contributed by atoms with Crippen LogP contribution in [0.2, 0.25) is 0 Å². The first-order valence-corrected chi connectivity index (χ1v) is 6.96. The second kappa shape index (κ2) is 7.40. The summed E-state index contributed by atoms with van der Waals surface area (Å²) in [7, 11) is 4.71. The molecule has 0 spiro atoms. The van der Waals surface area contributed by atoms with E-state index < -0.39 is 0 Å². The van der Waals surface area contributed by atoms with Crippen LogP contribution >= 0.6 is 0 Å². The normalized spacial score (nSPS) is 10.0. The van der Waals surface area contributed by atoms with Crippen LogP contribution in [0.15, 0.2) is 36.4 Å². The number of hydrogen-bond donors (Lipinski definition) is 2. The monoisotopic (exact) mass is 316 g/mol. The Balaban J connectivity index is 2.37. The van der Waals surface area contributed by atoms with Gasteiger partial charge in [0, 0.05) is 0 Å². The molecule has 0 saturated heterocycles. The van der Waals surface area contributed by atoms with Crippen LogP contribution in [0.3, 0.4) is 0 Å². The minimum Gasteiger partial charge on any atom is -0.496 e. The largest absolute Gasteiger partial charge is 0.496 e. The number of methoxy groups -OCH3 is 3. The average molecular weight is 316 g/mol. The lowest BCUT2D eigenvalue weighted by molar-refractivity contribution is 0.270. The molecule has 0 aliphatic carbocycles. The van der Waals surface area contributed by atoms with Crippen molar-refractivity contribution in [2.24, 2.45) is 5.73 Å². The molecule has 0 amide bonds. The summed E-state index contributed by atoms with van der Waals surface area (Å²) in [6.45, 7) is 0.188. The van der Waals surface area contributed by atoms with Crippen molar-refractivity contribution in [2.75, 3.05) is 21.3 Å². The van der Waals surface area contributed by atoms with Gasteiger partial charge in [0.2, 0.25) is 0 Å². The van der Waals surface area contributed by atoms with Gasteiger partial charge in [-0.15, -0.1) is 0 Å². The van der Waals surface area contributed by atoms with E-state index in [0.29, 0.717) is 28.6 Å². The third-order valence-corrected chi connectivity index (χ3v) is 3.38. The Morgan fingerprint density at radius 1 is 0.913 bits per heavy atom. The molecule has 0 bridgehead atoms. The highest BCUT2D eigenvalue weighted by atomic mass is 16.5. The Kier molecular flexibility index (Phi) is 5.30. The van der Waals surface area contributed by atoms with E-state index in [4.69, 9.17) is 30.1 Å². The van der Waals surface area contributed by atoms with Gasteiger partial charge in [-0.05, 0) is 24.3 Å². The molecule has 2 rings (SSSR count). The molecule has 2 aromatic rings. The van der Waals surface area contributed by atoms with Crippen molar-refractivity contribution >= 4 is 5.84 Å². The predicted octanol–water partition coefficient (Wildman–Crippen LogP) is 2.58. The Bertz CT molecular complexity index is 679. The summed E-state index contributed by atoms with van der Waals surface area (Å²) in [5, 5.41) is 7.68. The Morgan fingerprint density at radius 3 is 1.96 bits per heavy atom. The second-order valence-corrected chi connectivity index (χ2v) is 4.68. The average Bonchev–Trinajstić information content (AvgIpc) is 2.58. The molecule has 0 fully saturated rings. The topological polar surface area (TPSA) is 86.8 Å². The van der Waals surface area contributed by atoms with Crippen molar-refractivity contribution in [2.45, 2.75) is 6.61 Å². The maximum Gasteiger partial charge on any atom is 0.172 e. The second-order valence-electron chi connectivity index (χ2n) is 4.68. The lowest BCUT2D eigenvalue weighted by Crippen LogP contribution is -2.14. The van der Waals surface area contributed by atoms with Gasteiger partial charge in [0.05, 0.1) is 32.5 Å². The number of amidine groups is 1. The third-order valence-electron chi connectivity index (χ3n) is 3.38. The summed E-state index contributed by atoms with van der Waals surface area (Å²) in [4.78, 5) is 0. The van der Waals surface area contributed by atoms with Gasteiger partial charge in [-0.25, -0.2) is 0 Å². The fraction of sp³-hybridized carbons (Fsp3) is 0.235. The molecular weight excluding hydrogens is 296 g/mol. The van der Waals surface area contributed by atoms with Crippen LogP contribution in [-0.2, 0) is 6.61 Å². The molecule has 6 nitrogen and oxygen atoms in total. The fourth-order valence-corrected chi connectivity index (χ4v) is 2.25. The molecule has 6 heteroatoms. The van der Waals surface area contributed by atoms with Gasteiger partial charge in [0.1, 0.15) is 23.9 Å². The molecule has 0 radical (unpaired) electrons. The zero-order valence-corrected chi connectivity index (χ0v) is 13.4. The first-order valence-electron chi connectivity index (χ1n) is 6.96. The van der Waals surface area contributed by atoms with Crippen LogP contribution in [0.1, 0.15) is 11.1 Å². The first kappa shape index (κ1) is 16.5. The molecule has 0 aliphatic rings. The molecule has 122 valence electrons. The van der Waals surface area contributed by atoms with Crippen LogP contribution in [0.25, 0.3) is 0 Å². The Morgan fingerprint density at radius 2 is 1.43 bits per heavy atom. The highest BCUT2D eigenvalue weighted by Gasteiger charge is 2.16. The maximum atomic E-state index is 7.68. The first-order chi connectivity index (χ1) is 11.1. The molecule has 0 aromatic heterocycles. The Labute approximate surface area is 135 Å². The standard InChI is InChI=1S/C17H20N2O4/c1-20-13-7-5-8-14(21-2)12(13)10-23-16-11(17(18)19)6-4-9-15(16)22-3/h4-9H,10H2,1-3H3,(H3,18,19). The fourth-order valence-electron chi connectivity index (χ4n) is 2.25. The van der Waals surface area contributed by atoms with E-state index in [1.807, 2.05) is 18.2 Å². The van der Waals surface area contributed by atoms with E-state index in [1.165, 1.54) is 7.11 Å². The molecular formula is C17H20N2O4. The molecule has 0 saturated carbocycles. The van der Waals surface area contributed by atoms with Crippen molar-refractivity contribution in [3.05, 3.63) is 47.5 Å². The number of para-hydroxylation sites is 1. The summed E-state index contributed by atoms with van der Waals surface area (Å²) < 4.78 is 21.9. The number of hydrogen-bond acceptors (Lipinski definition) is 5. The maximum absolute atomic E-state index is 7.68. The lowest BCUT2D eigenvalue weighted by atomic mass is 10.1. The van der Waals surface area contributed by atoms with Crippen LogP contribution in [0.5, 0.6) is 23.0 Å². The van der Waals surface area contributed by atoms with E-state index in [0.717, 1.165) is 5.56 Å². The highest BCUT2D eigenvalue weighted by molar-refractivity contribution is 5.98. The zero-order valence-electron chi connectivity index (χ0n) is 13.4. The van der Waals surface area contributed by atoms with E-state index in [-0.39, 0.29) is 12.4 Å². The molecule has 0 heterocycles. The SMILES string of the molecule is COc1cccc(OC)c1COc1c(OC)cccc1C(=N)N. The van der Waals surface area contributed by atoms with Crippen molar-refractivity contribution in [1.29, 1.82) is 5.41 Å². The minimum atomic E-state index is -0.0918. The summed E-state index contributed by atoms with van der Waals surface area (Å²) in [6, 6.07) is 10.7. The quantitative estimate of drug-likeness (QED) is 0.605. The molecule has 0 unspecified atom stereocenters. The molecule has 0 aliphatic heterocycles. The van der Waals surface area contributed by atoms with Crippen molar-refractivity contribution < 1.29 is 18.9 Å². The van der Waals surface area contributed by atoms with Crippen LogP contribution < -0.4 is 24.7 Å². The summed E-state index contributed by atoms with van der Waals surface area (Å²) in [6.07, 6.45) is 0. The van der Waals surface area contributed by atoms with E-state index in [9.17, 15) is 0 Å². The van der Waals surface area contributed by atoms with E-state index in [2.05, 4.69) is 0 Å². The number of benzene rings is 2. The van der Waals surface area contributed by atoms with Gasteiger partial charge >= 0.3 is 0 Å². The van der Waals surface area contributed by atoms with Gasteiger partial charge in [0.15, 0.2) is 11.5 Å². The smallest absolute Gasteiger partial charge is 0.172 e. The van der Waals surface area contributed by atoms with Crippen LogP contribution in [0.4, 0.5) is 0 Å². The van der Waals surface area contributed by atoms with E-state index in [1.54, 1.807) is 32.4 Å². The minimum absolute atomic E-state index is 0.0918. The number of nitrogens with one attached hydrogen (secondary N) is 1. The van der Waals surface area contributed by atoms with E-state index >= 15 is 0 Å². The Hall–Kier alpha value is -2.89. The number of nitrogen functional groups attached to an aromatic ring is 1. The lowest BCUT2D eigenvalue weighted by Gasteiger charge is -2.17. The predicted molar refractivity (Wildman–Crippen MR) is 87.9 cm³/mol. The summed E-state index contributed by atoms with van der Waals surface area (Å²) in [5.74, 6) is 2.14. The molecule has 2 aromatic carbocycles. The van der Waals surface area contributed by atoms with Crippen molar-refractivity contribution in [3.8, 4) is 23.0 Å². The van der Waals surface area contributed by atoms with Crippen molar-refractivity contribution in [3.63, 3.8) is 0 Å². The highest BCUT2D eigenvalue weighted by Crippen LogP contribution is 2.34.